The number of aromatic nitrogens is 1. The van der Waals surface area contributed by atoms with Gasteiger partial charge in [-0.25, -0.2) is 4.98 Å². The van der Waals surface area contributed by atoms with Crippen LogP contribution in [0.15, 0.2) is 22.4 Å². The van der Waals surface area contributed by atoms with Crippen LogP contribution in [-0.4, -0.2) is 10.7 Å². The lowest BCUT2D eigenvalue weighted by molar-refractivity contribution is 1.11. The average molecular weight is 339 g/mol. The Kier molecular flexibility index (Phi) is 5.22. The van der Waals surface area contributed by atoms with Crippen LogP contribution in [0.4, 0.5) is 0 Å². The third kappa shape index (κ3) is 3.34. The van der Waals surface area contributed by atoms with Gasteiger partial charge < -0.3 is 0 Å². The Morgan fingerprint density at radius 3 is 2.67 bits per heavy atom. The molecule has 96 valence electrons. The van der Waals surface area contributed by atoms with Crippen molar-refractivity contribution in [1.29, 1.82) is 0 Å². The van der Waals surface area contributed by atoms with Gasteiger partial charge in [0.2, 0.25) is 0 Å². The topological polar surface area (TPSA) is 12.9 Å². The van der Waals surface area contributed by atoms with E-state index in [9.17, 15) is 0 Å². The van der Waals surface area contributed by atoms with E-state index in [1.54, 1.807) is 17.8 Å². The Morgan fingerprint density at radius 1 is 1.22 bits per heavy atom. The summed E-state index contributed by atoms with van der Waals surface area (Å²) in [6.45, 7) is 2.15. The van der Waals surface area contributed by atoms with Crippen molar-refractivity contribution in [3.8, 4) is 11.3 Å². The molecule has 0 radical (unpaired) electrons. The molecule has 0 aliphatic carbocycles. The summed E-state index contributed by atoms with van der Waals surface area (Å²) in [6, 6.07) is 5.52. The third-order valence-electron chi connectivity index (χ3n) is 2.20. The smallest absolute Gasteiger partial charge is 0.185 e. The van der Waals surface area contributed by atoms with Crippen LogP contribution in [0.5, 0.6) is 0 Å². The SMILES string of the molecule is CCCSc1sc(Cl)nc1-c1ccc(Cl)c(Cl)c1. The van der Waals surface area contributed by atoms with E-state index >= 15 is 0 Å². The first-order chi connectivity index (χ1) is 8.61. The maximum Gasteiger partial charge on any atom is 0.185 e. The van der Waals surface area contributed by atoms with Gasteiger partial charge in [-0.3, -0.25) is 0 Å². The van der Waals surface area contributed by atoms with Gasteiger partial charge in [0.05, 0.1) is 19.9 Å². The fourth-order valence-corrected chi connectivity index (χ4v) is 4.11. The van der Waals surface area contributed by atoms with Crippen LogP contribution in [0.1, 0.15) is 13.3 Å². The molecular weight excluding hydrogens is 329 g/mol. The number of thiazole rings is 1. The lowest BCUT2D eigenvalue weighted by atomic mass is 10.2. The molecule has 1 nitrogen and oxygen atoms in total. The molecule has 0 bridgehead atoms. The molecule has 2 rings (SSSR count). The van der Waals surface area contributed by atoms with Crippen LogP contribution in [0.25, 0.3) is 11.3 Å². The quantitative estimate of drug-likeness (QED) is 0.609. The molecule has 18 heavy (non-hydrogen) atoms. The summed E-state index contributed by atoms with van der Waals surface area (Å²) in [4.78, 5) is 4.37. The summed E-state index contributed by atoms with van der Waals surface area (Å²) in [7, 11) is 0. The molecule has 1 heterocycles. The molecule has 0 saturated carbocycles. The fourth-order valence-electron chi connectivity index (χ4n) is 1.40. The largest absolute Gasteiger partial charge is 0.224 e. The monoisotopic (exact) mass is 337 g/mol. The standard InChI is InChI=1S/C12H10Cl3NS2/c1-2-5-17-11-10(16-12(15)18-11)7-3-4-8(13)9(14)6-7/h3-4,6H,2,5H2,1H3. The number of nitrogens with zero attached hydrogens (tertiary/aromatic N) is 1. The zero-order chi connectivity index (χ0) is 13.1. The molecule has 0 fully saturated rings. The highest BCUT2D eigenvalue weighted by Gasteiger charge is 2.13. The molecule has 0 N–H and O–H groups in total. The molecule has 6 heteroatoms. The van der Waals surface area contributed by atoms with Crippen molar-refractivity contribution >= 4 is 57.9 Å². The second-order valence-corrected chi connectivity index (χ2v) is 7.34. The number of rotatable bonds is 4. The third-order valence-corrected chi connectivity index (χ3v) is 5.57. The zero-order valence-electron chi connectivity index (χ0n) is 9.54. The second kappa shape index (κ2) is 6.49. The van der Waals surface area contributed by atoms with Gasteiger partial charge in [0, 0.05) is 5.56 Å². The predicted molar refractivity (Wildman–Crippen MR) is 83.6 cm³/mol. The molecule has 2 aromatic rings. The van der Waals surface area contributed by atoms with Crippen LogP contribution in [0, 0.1) is 0 Å². The number of hydrogen-bond acceptors (Lipinski definition) is 3. The van der Waals surface area contributed by atoms with E-state index in [4.69, 9.17) is 34.8 Å². The highest BCUT2D eigenvalue weighted by Crippen LogP contribution is 2.39. The van der Waals surface area contributed by atoms with Gasteiger partial charge in [0.1, 0.15) is 0 Å². The van der Waals surface area contributed by atoms with Crippen LogP contribution < -0.4 is 0 Å². The molecule has 0 amide bonds. The van der Waals surface area contributed by atoms with Gasteiger partial charge in [0.15, 0.2) is 4.47 Å². The molecule has 0 spiro atoms. The first-order valence-corrected chi connectivity index (χ1v) is 8.30. The average Bonchev–Trinajstić information content (AvgIpc) is 2.71. The Labute approximate surface area is 129 Å². The summed E-state index contributed by atoms with van der Waals surface area (Å²) in [5.74, 6) is 1.05. The minimum absolute atomic E-state index is 0.532. The molecule has 1 aromatic carbocycles. The normalized spacial score (nSPS) is 10.9. The van der Waals surface area contributed by atoms with Gasteiger partial charge in [-0.1, -0.05) is 59.1 Å². The van der Waals surface area contributed by atoms with E-state index in [1.807, 2.05) is 12.1 Å². The van der Waals surface area contributed by atoms with Crippen molar-refractivity contribution in [2.75, 3.05) is 5.75 Å². The first kappa shape index (κ1) is 14.5. The molecule has 0 atom stereocenters. The van der Waals surface area contributed by atoms with Crippen molar-refractivity contribution < 1.29 is 0 Å². The minimum atomic E-state index is 0.532. The van der Waals surface area contributed by atoms with Gasteiger partial charge in [-0.05, 0) is 24.3 Å². The zero-order valence-corrected chi connectivity index (χ0v) is 13.4. The van der Waals surface area contributed by atoms with Crippen LogP contribution in [-0.2, 0) is 0 Å². The van der Waals surface area contributed by atoms with E-state index in [-0.39, 0.29) is 0 Å². The summed E-state index contributed by atoms with van der Waals surface area (Å²) in [5, 5.41) is 1.08. The maximum absolute atomic E-state index is 6.03. The Balaban J connectivity index is 2.39. The van der Waals surface area contributed by atoms with Gasteiger partial charge in [-0.2, -0.15) is 0 Å². The second-order valence-electron chi connectivity index (χ2n) is 3.58. The summed E-state index contributed by atoms with van der Waals surface area (Å²) in [5.41, 5.74) is 1.84. The Hall–Kier alpha value is 0.0700. The van der Waals surface area contributed by atoms with Crippen molar-refractivity contribution in [1.82, 2.24) is 4.98 Å². The van der Waals surface area contributed by atoms with Crippen LogP contribution >= 0.6 is 57.9 Å². The van der Waals surface area contributed by atoms with Crippen molar-refractivity contribution in [2.24, 2.45) is 0 Å². The minimum Gasteiger partial charge on any atom is -0.224 e. The molecular formula is C12H10Cl3NS2. The Bertz CT molecular complexity index is 554. The Morgan fingerprint density at radius 2 is 2.00 bits per heavy atom. The van der Waals surface area contributed by atoms with E-state index in [2.05, 4.69) is 11.9 Å². The molecule has 0 aliphatic heterocycles. The van der Waals surface area contributed by atoms with E-state index in [1.165, 1.54) is 11.3 Å². The van der Waals surface area contributed by atoms with Crippen molar-refractivity contribution in [2.45, 2.75) is 17.6 Å². The molecule has 1 aromatic heterocycles. The summed E-state index contributed by atoms with van der Waals surface area (Å²) < 4.78 is 1.68. The van der Waals surface area contributed by atoms with Gasteiger partial charge >= 0.3 is 0 Å². The highest BCUT2D eigenvalue weighted by molar-refractivity contribution is 8.01. The maximum atomic E-state index is 6.03. The van der Waals surface area contributed by atoms with E-state index < -0.39 is 0 Å². The van der Waals surface area contributed by atoms with Crippen LogP contribution in [0.2, 0.25) is 14.5 Å². The van der Waals surface area contributed by atoms with Crippen molar-refractivity contribution in [3.63, 3.8) is 0 Å². The molecule has 0 saturated heterocycles. The lowest BCUT2D eigenvalue weighted by Gasteiger charge is -2.03. The van der Waals surface area contributed by atoms with Gasteiger partial charge in [0.25, 0.3) is 0 Å². The lowest BCUT2D eigenvalue weighted by Crippen LogP contribution is -1.82. The predicted octanol–water partition coefficient (Wildman–Crippen LogP) is 6.27. The van der Waals surface area contributed by atoms with Gasteiger partial charge in [-0.15, -0.1) is 11.8 Å². The van der Waals surface area contributed by atoms with E-state index in [0.29, 0.717) is 14.5 Å². The van der Waals surface area contributed by atoms with E-state index in [0.717, 1.165) is 27.6 Å². The fraction of sp³-hybridized carbons (Fsp3) is 0.250. The number of hydrogen-bond donors (Lipinski definition) is 0. The summed E-state index contributed by atoms with van der Waals surface area (Å²) in [6.07, 6.45) is 1.11. The molecule has 0 aliphatic rings. The highest BCUT2D eigenvalue weighted by atomic mass is 35.5. The van der Waals surface area contributed by atoms with Crippen LogP contribution in [0.3, 0.4) is 0 Å². The number of thioether (sulfide) groups is 1. The number of benzene rings is 1. The summed E-state index contributed by atoms with van der Waals surface area (Å²) >= 11 is 21.2. The molecule has 0 unspecified atom stereocenters. The first-order valence-electron chi connectivity index (χ1n) is 5.36. The number of halogens is 3. The van der Waals surface area contributed by atoms with Crippen molar-refractivity contribution in [3.05, 3.63) is 32.7 Å².